The standard InChI is InChI=1S/C5H10N2O2S/c6-4(8)3-7-5(9)1-2-10/h10H,1-3H2,(H2,6,8)(H,7,9). The zero-order valence-corrected chi connectivity index (χ0v) is 6.36. The lowest BCUT2D eigenvalue weighted by molar-refractivity contribution is -0.124. The molecule has 0 unspecified atom stereocenters. The molecule has 0 aliphatic heterocycles. The van der Waals surface area contributed by atoms with E-state index in [0.717, 1.165) is 0 Å². The number of nitrogens with two attached hydrogens (primary N) is 1. The lowest BCUT2D eigenvalue weighted by atomic mass is 10.4. The molecule has 0 aliphatic rings. The molecule has 0 aromatic carbocycles. The van der Waals surface area contributed by atoms with Gasteiger partial charge >= 0.3 is 0 Å². The lowest BCUT2D eigenvalue weighted by Gasteiger charge is -1.98. The molecule has 0 aliphatic carbocycles. The first-order valence-electron chi connectivity index (χ1n) is 2.82. The first-order chi connectivity index (χ1) is 4.66. The minimum atomic E-state index is -0.535. The Morgan fingerprint density at radius 2 is 2.10 bits per heavy atom. The predicted octanol–water partition coefficient (Wildman–Crippen LogP) is -1.09. The smallest absolute Gasteiger partial charge is 0.236 e. The van der Waals surface area contributed by atoms with Crippen LogP contribution in [0.2, 0.25) is 0 Å². The van der Waals surface area contributed by atoms with E-state index in [1.807, 2.05) is 0 Å². The second-order valence-corrected chi connectivity index (χ2v) is 2.16. The maximum absolute atomic E-state index is 10.6. The van der Waals surface area contributed by atoms with Crippen molar-refractivity contribution in [2.75, 3.05) is 12.3 Å². The maximum atomic E-state index is 10.6. The van der Waals surface area contributed by atoms with E-state index >= 15 is 0 Å². The number of thiol groups is 1. The highest BCUT2D eigenvalue weighted by molar-refractivity contribution is 7.80. The van der Waals surface area contributed by atoms with Crippen LogP contribution in [0.1, 0.15) is 6.42 Å². The third-order valence-electron chi connectivity index (χ3n) is 0.799. The van der Waals surface area contributed by atoms with Gasteiger partial charge in [-0.2, -0.15) is 12.6 Å². The number of nitrogens with one attached hydrogen (secondary N) is 1. The summed E-state index contributed by atoms with van der Waals surface area (Å²) in [6.07, 6.45) is 0.316. The fourth-order valence-corrected chi connectivity index (χ4v) is 0.579. The van der Waals surface area contributed by atoms with Gasteiger partial charge in [-0.1, -0.05) is 0 Å². The van der Waals surface area contributed by atoms with Gasteiger partial charge in [0, 0.05) is 6.42 Å². The van der Waals surface area contributed by atoms with E-state index in [1.165, 1.54) is 0 Å². The number of rotatable bonds is 4. The van der Waals surface area contributed by atoms with Crippen molar-refractivity contribution in [3.8, 4) is 0 Å². The molecule has 0 rings (SSSR count). The number of primary amides is 1. The number of hydrogen-bond donors (Lipinski definition) is 3. The van der Waals surface area contributed by atoms with Crippen LogP contribution in [0.25, 0.3) is 0 Å². The molecule has 2 amide bonds. The molecule has 5 heteroatoms. The van der Waals surface area contributed by atoms with Crippen molar-refractivity contribution in [2.24, 2.45) is 5.73 Å². The molecule has 0 saturated carbocycles. The van der Waals surface area contributed by atoms with Gasteiger partial charge in [-0.25, -0.2) is 0 Å². The molecule has 58 valence electrons. The summed E-state index contributed by atoms with van der Waals surface area (Å²) in [7, 11) is 0. The van der Waals surface area contributed by atoms with Gasteiger partial charge in [0.1, 0.15) is 0 Å². The summed E-state index contributed by atoms with van der Waals surface area (Å²) in [5.41, 5.74) is 4.76. The van der Waals surface area contributed by atoms with E-state index in [0.29, 0.717) is 12.2 Å². The molecule has 0 bridgehead atoms. The first kappa shape index (κ1) is 9.29. The molecule has 4 nitrogen and oxygen atoms in total. The van der Waals surface area contributed by atoms with E-state index in [9.17, 15) is 9.59 Å². The van der Waals surface area contributed by atoms with Gasteiger partial charge < -0.3 is 11.1 Å². The Hall–Kier alpha value is -0.710. The molecule has 0 atom stereocenters. The van der Waals surface area contributed by atoms with E-state index in [1.54, 1.807) is 0 Å². The quantitative estimate of drug-likeness (QED) is 0.459. The van der Waals surface area contributed by atoms with Gasteiger partial charge in [0.05, 0.1) is 6.54 Å². The van der Waals surface area contributed by atoms with Crippen molar-refractivity contribution >= 4 is 24.4 Å². The fraction of sp³-hybridized carbons (Fsp3) is 0.600. The highest BCUT2D eigenvalue weighted by Crippen LogP contribution is 1.81. The number of hydrogen-bond acceptors (Lipinski definition) is 3. The second kappa shape index (κ2) is 5.10. The largest absolute Gasteiger partial charge is 0.368 e. The highest BCUT2D eigenvalue weighted by atomic mass is 32.1. The minimum absolute atomic E-state index is 0.0907. The molecule has 0 aromatic heterocycles. The summed E-state index contributed by atoms with van der Waals surface area (Å²) in [5, 5.41) is 2.32. The van der Waals surface area contributed by atoms with Crippen LogP contribution in [-0.4, -0.2) is 24.1 Å². The number of amides is 2. The Balaban J connectivity index is 3.30. The molecule has 0 saturated heterocycles. The lowest BCUT2D eigenvalue weighted by Crippen LogP contribution is -2.33. The Labute approximate surface area is 64.6 Å². The summed E-state index contributed by atoms with van der Waals surface area (Å²) < 4.78 is 0. The molecule has 3 N–H and O–H groups in total. The van der Waals surface area contributed by atoms with Gasteiger partial charge in [-0.15, -0.1) is 0 Å². The van der Waals surface area contributed by atoms with Crippen molar-refractivity contribution < 1.29 is 9.59 Å². The van der Waals surface area contributed by atoms with Crippen LogP contribution in [0.15, 0.2) is 0 Å². The summed E-state index contributed by atoms with van der Waals surface area (Å²) >= 11 is 3.83. The zero-order valence-electron chi connectivity index (χ0n) is 5.46. The Bertz CT molecular complexity index is 138. The molecule has 0 radical (unpaired) electrons. The van der Waals surface area contributed by atoms with Crippen molar-refractivity contribution in [2.45, 2.75) is 6.42 Å². The molecule has 0 heterocycles. The second-order valence-electron chi connectivity index (χ2n) is 1.72. The predicted molar refractivity (Wildman–Crippen MR) is 40.7 cm³/mol. The average molecular weight is 162 g/mol. The van der Waals surface area contributed by atoms with Crippen molar-refractivity contribution in [1.82, 2.24) is 5.32 Å². The number of carbonyl (C=O) groups is 2. The van der Waals surface area contributed by atoms with Crippen molar-refractivity contribution in [3.05, 3.63) is 0 Å². The Morgan fingerprint density at radius 3 is 2.50 bits per heavy atom. The summed E-state index contributed by atoms with van der Waals surface area (Å²) in [6, 6.07) is 0. The van der Waals surface area contributed by atoms with E-state index in [-0.39, 0.29) is 12.5 Å². The third-order valence-corrected chi connectivity index (χ3v) is 1.02. The van der Waals surface area contributed by atoms with Crippen molar-refractivity contribution in [3.63, 3.8) is 0 Å². The molecule has 0 spiro atoms. The van der Waals surface area contributed by atoms with Crippen LogP contribution in [0, 0.1) is 0 Å². The van der Waals surface area contributed by atoms with Gasteiger partial charge in [-0.3, -0.25) is 9.59 Å². The van der Waals surface area contributed by atoms with Crippen LogP contribution < -0.4 is 11.1 Å². The Kier molecular flexibility index (Phi) is 4.74. The highest BCUT2D eigenvalue weighted by Gasteiger charge is 1.99. The molecule has 0 aromatic rings. The SMILES string of the molecule is NC(=O)CNC(=O)CCS. The molecular weight excluding hydrogens is 152 g/mol. The molecular formula is C5H10N2O2S. The average Bonchev–Trinajstić information content (AvgIpc) is 1.85. The van der Waals surface area contributed by atoms with Crippen LogP contribution in [0.5, 0.6) is 0 Å². The normalized spacial score (nSPS) is 8.90. The summed E-state index contributed by atoms with van der Waals surface area (Å²) in [6.45, 7) is -0.0907. The minimum Gasteiger partial charge on any atom is -0.368 e. The molecule has 10 heavy (non-hydrogen) atoms. The monoisotopic (exact) mass is 162 g/mol. The van der Waals surface area contributed by atoms with Crippen LogP contribution >= 0.6 is 12.6 Å². The number of carbonyl (C=O) groups excluding carboxylic acids is 2. The van der Waals surface area contributed by atoms with Crippen LogP contribution in [0.4, 0.5) is 0 Å². The van der Waals surface area contributed by atoms with Gasteiger partial charge in [0.15, 0.2) is 0 Å². The molecule has 0 fully saturated rings. The van der Waals surface area contributed by atoms with Gasteiger partial charge in [0.25, 0.3) is 0 Å². The first-order valence-corrected chi connectivity index (χ1v) is 3.46. The van der Waals surface area contributed by atoms with E-state index < -0.39 is 5.91 Å². The fourth-order valence-electron chi connectivity index (χ4n) is 0.376. The topological polar surface area (TPSA) is 72.2 Å². The van der Waals surface area contributed by atoms with Crippen molar-refractivity contribution in [1.29, 1.82) is 0 Å². The van der Waals surface area contributed by atoms with Crippen LogP contribution in [0.3, 0.4) is 0 Å². The summed E-state index contributed by atoms with van der Waals surface area (Å²) in [5.74, 6) is -0.258. The summed E-state index contributed by atoms with van der Waals surface area (Å²) in [4.78, 5) is 20.7. The van der Waals surface area contributed by atoms with Gasteiger partial charge in [-0.05, 0) is 5.75 Å². The third kappa shape index (κ3) is 5.43. The van der Waals surface area contributed by atoms with Crippen LogP contribution in [-0.2, 0) is 9.59 Å². The maximum Gasteiger partial charge on any atom is 0.236 e. The van der Waals surface area contributed by atoms with Gasteiger partial charge in [0.2, 0.25) is 11.8 Å². The van der Waals surface area contributed by atoms with E-state index in [4.69, 9.17) is 5.73 Å². The zero-order chi connectivity index (χ0) is 7.98. The Morgan fingerprint density at radius 1 is 1.50 bits per heavy atom. The van der Waals surface area contributed by atoms with E-state index in [2.05, 4.69) is 17.9 Å².